The number of benzene rings is 2. The molecule has 2 aromatic carbocycles. The summed E-state index contributed by atoms with van der Waals surface area (Å²) in [6.45, 7) is 5.84. The van der Waals surface area contributed by atoms with Gasteiger partial charge in [-0.05, 0) is 61.6 Å². The number of rotatable bonds is 6. The predicted molar refractivity (Wildman–Crippen MR) is 148 cm³/mol. The quantitative estimate of drug-likeness (QED) is 0.422. The van der Waals surface area contributed by atoms with Crippen molar-refractivity contribution in [1.29, 1.82) is 0 Å². The van der Waals surface area contributed by atoms with Gasteiger partial charge in [-0.25, -0.2) is 4.39 Å². The third-order valence-electron chi connectivity index (χ3n) is 8.74. The Balaban J connectivity index is 1.02. The van der Waals surface area contributed by atoms with E-state index in [1.165, 1.54) is 6.07 Å². The molecule has 1 N–H and O–H groups in total. The van der Waals surface area contributed by atoms with Crippen molar-refractivity contribution in [3.05, 3.63) is 58.9 Å². The lowest BCUT2D eigenvalue weighted by Gasteiger charge is -2.40. The fourth-order valence-corrected chi connectivity index (χ4v) is 6.42. The summed E-state index contributed by atoms with van der Waals surface area (Å²) in [5.74, 6) is -1.83. The predicted octanol–water partition coefficient (Wildman–Crippen LogP) is 2.08. The monoisotopic (exact) mass is 561 g/mol. The zero-order chi connectivity index (χ0) is 28.7. The third-order valence-corrected chi connectivity index (χ3v) is 8.74. The average molecular weight is 562 g/mol. The Morgan fingerprint density at radius 3 is 2.24 bits per heavy atom. The van der Waals surface area contributed by atoms with E-state index in [9.17, 15) is 28.4 Å². The van der Waals surface area contributed by atoms with Crippen LogP contribution in [0.15, 0.2) is 36.4 Å². The molecule has 4 heterocycles. The highest BCUT2D eigenvalue weighted by molar-refractivity contribution is 6.23. The van der Waals surface area contributed by atoms with Crippen molar-refractivity contribution in [2.75, 3.05) is 55.6 Å². The molecule has 1 atom stereocenters. The van der Waals surface area contributed by atoms with Gasteiger partial charge in [0.2, 0.25) is 11.8 Å². The molecule has 4 aliphatic rings. The van der Waals surface area contributed by atoms with Crippen molar-refractivity contribution in [2.24, 2.45) is 5.92 Å². The van der Waals surface area contributed by atoms with Gasteiger partial charge in [0.1, 0.15) is 18.1 Å². The number of nitrogens with zero attached hydrogens (tertiary/aromatic N) is 4. The van der Waals surface area contributed by atoms with Gasteiger partial charge in [-0.2, -0.15) is 0 Å². The zero-order valence-corrected chi connectivity index (χ0v) is 22.7. The summed E-state index contributed by atoms with van der Waals surface area (Å²) in [5.41, 5.74) is 2.34. The molecule has 0 bridgehead atoms. The molecular weight excluding hydrogens is 529 g/mol. The van der Waals surface area contributed by atoms with Gasteiger partial charge < -0.3 is 9.80 Å². The third kappa shape index (κ3) is 5.21. The van der Waals surface area contributed by atoms with Crippen molar-refractivity contribution in [3.8, 4) is 0 Å². The molecule has 2 aromatic rings. The molecule has 11 heteroatoms. The lowest BCUT2D eigenvalue weighted by Crippen LogP contribution is -2.54. The van der Waals surface area contributed by atoms with Gasteiger partial charge in [-0.15, -0.1) is 0 Å². The van der Waals surface area contributed by atoms with Gasteiger partial charge in [0, 0.05) is 63.5 Å². The van der Waals surface area contributed by atoms with Gasteiger partial charge in [0.25, 0.3) is 11.8 Å². The molecule has 10 nitrogen and oxygen atoms in total. The van der Waals surface area contributed by atoms with Crippen LogP contribution in [0.3, 0.4) is 0 Å². The molecule has 3 fully saturated rings. The molecule has 0 saturated carbocycles. The molecule has 3 saturated heterocycles. The molecule has 41 heavy (non-hydrogen) atoms. The molecule has 0 aromatic heterocycles. The van der Waals surface area contributed by atoms with Crippen molar-refractivity contribution >= 4 is 41.3 Å². The molecule has 6 rings (SSSR count). The van der Waals surface area contributed by atoms with E-state index in [1.54, 1.807) is 24.3 Å². The summed E-state index contributed by atoms with van der Waals surface area (Å²) < 4.78 is 14.4. The Labute approximate surface area is 237 Å². The second kappa shape index (κ2) is 11.0. The lowest BCUT2D eigenvalue weighted by atomic mass is 9.95. The number of anilines is 2. The van der Waals surface area contributed by atoms with Crippen molar-refractivity contribution < 1.29 is 28.4 Å². The number of hydrogen-bond donors (Lipinski definition) is 1. The van der Waals surface area contributed by atoms with Crippen molar-refractivity contribution in [2.45, 2.75) is 31.7 Å². The smallest absolute Gasteiger partial charge is 0.262 e. The topological polar surface area (TPSA) is 110 Å². The fraction of sp³-hybridized carbons (Fsp3) is 0.433. The highest BCUT2D eigenvalue weighted by Gasteiger charge is 2.44. The highest BCUT2D eigenvalue weighted by Crippen LogP contribution is 2.32. The van der Waals surface area contributed by atoms with Crippen LogP contribution in [0.2, 0.25) is 0 Å². The van der Waals surface area contributed by atoms with Crippen LogP contribution in [-0.4, -0.2) is 91.6 Å². The van der Waals surface area contributed by atoms with Gasteiger partial charge in [-0.1, -0.05) is 0 Å². The Morgan fingerprint density at radius 1 is 0.829 bits per heavy atom. The minimum atomic E-state index is -0.971. The second-order valence-electron chi connectivity index (χ2n) is 11.2. The van der Waals surface area contributed by atoms with Crippen LogP contribution in [0, 0.1) is 11.7 Å². The van der Waals surface area contributed by atoms with E-state index in [-0.39, 0.29) is 24.2 Å². The van der Waals surface area contributed by atoms with Crippen molar-refractivity contribution in [1.82, 2.24) is 15.1 Å². The van der Waals surface area contributed by atoms with Crippen LogP contribution >= 0.6 is 0 Å². The fourth-order valence-electron chi connectivity index (χ4n) is 6.42. The summed E-state index contributed by atoms with van der Waals surface area (Å²) in [7, 11) is 0. The number of carbonyl (C=O) groups is 5. The first-order valence-corrected chi connectivity index (χ1v) is 14.1. The van der Waals surface area contributed by atoms with Crippen LogP contribution < -0.4 is 15.1 Å². The minimum Gasteiger partial charge on any atom is -0.369 e. The number of fused-ring (bicyclic) bond motifs is 1. The van der Waals surface area contributed by atoms with Crippen LogP contribution in [0.25, 0.3) is 0 Å². The number of imide groups is 2. The van der Waals surface area contributed by atoms with E-state index in [0.717, 1.165) is 69.2 Å². The van der Waals surface area contributed by atoms with Gasteiger partial charge in [0.15, 0.2) is 0 Å². The number of aldehydes is 1. The normalized spacial score (nSPS) is 22.3. The summed E-state index contributed by atoms with van der Waals surface area (Å²) in [6, 6.07) is 8.91. The number of piperidine rings is 2. The molecule has 214 valence electrons. The van der Waals surface area contributed by atoms with E-state index in [0.29, 0.717) is 29.0 Å². The number of piperazine rings is 1. The van der Waals surface area contributed by atoms with E-state index >= 15 is 0 Å². The first-order valence-electron chi connectivity index (χ1n) is 14.1. The second-order valence-corrected chi connectivity index (χ2v) is 11.2. The first kappa shape index (κ1) is 27.1. The van der Waals surface area contributed by atoms with Crippen molar-refractivity contribution in [3.63, 3.8) is 0 Å². The van der Waals surface area contributed by atoms with Crippen LogP contribution in [0.1, 0.15) is 56.8 Å². The van der Waals surface area contributed by atoms with E-state index in [2.05, 4.69) is 20.0 Å². The minimum absolute atomic E-state index is 0.0905. The maximum Gasteiger partial charge on any atom is 0.262 e. The molecule has 4 aliphatic heterocycles. The van der Waals surface area contributed by atoms with E-state index in [1.807, 2.05) is 6.07 Å². The van der Waals surface area contributed by atoms with Gasteiger partial charge >= 0.3 is 0 Å². The first-order chi connectivity index (χ1) is 19.8. The molecular formula is C30H32FN5O5. The van der Waals surface area contributed by atoms with Crippen LogP contribution in [0.4, 0.5) is 15.8 Å². The Hall–Kier alpha value is -4.12. The van der Waals surface area contributed by atoms with E-state index < -0.39 is 29.7 Å². The summed E-state index contributed by atoms with van der Waals surface area (Å²) in [5, 5.41) is 2.22. The SMILES string of the molecule is O=Cc1ccc(N2CCC(CN3CCN(c4ccc5c(c4)C(=O)N(C4CCC(=O)NC4=O)C5=O)CC3)CC2)c(F)c1. The molecule has 4 amide bonds. The van der Waals surface area contributed by atoms with Crippen LogP contribution in [-0.2, 0) is 9.59 Å². The standard InChI is InChI=1S/C30H32FN5O5/c31-24-15-20(18-37)1-4-25(24)35-9-7-19(8-10-35)17-33-11-13-34(14-12-33)21-2-3-22-23(16-21)30(41)36(29(22)40)26-5-6-27(38)32-28(26)39/h1-4,15-16,18-19,26H,5-14,17H2,(H,32,38,39). The number of halogens is 1. The van der Waals surface area contributed by atoms with Gasteiger partial charge in [0.05, 0.1) is 16.8 Å². The Kier molecular flexibility index (Phi) is 7.29. The summed E-state index contributed by atoms with van der Waals surface area (Å²) in [6.07, 6.45) is 2.82. The maximum atomic E-state index is 14.4. The average Bonchev–Trinajstić information content (AvgIpc) is 3.22. The summed E-state index contributed by atoms with van der Waals surface area (Å²) >= 11 is 0. The number of carbonyl (C=O) groups excluding carboxylic acids is 5. The highest BCUT2D eigenvalue weighted by atomic mass is 19.1. The lowest BCUT2D eigenvalue weighted by molar-refractivity contribution is -0.136. The summed E-state index contributed by atoms with van der Waals surface area (Å²) in [4.78, 5) is 68.6. The number of hydrogen-bond acceptors (Lipinski definition) is 8. The number of amides is 4. The Bertz CT molecular complexity index is 1410. The molecule has 1 unspecified atom stereocenters. The molecule has 0 radical (unpaired) electrons. The van der Waals surface area contributed by atoms with Gasteiger partial charge in [-0.3, -0.25) is 39.1 Å². The van der Waals surface area contributed by atoms with E-state index in [4.69, 9.17) is 0 Å². The van der Waals surface area contributed by atoms with Crippen LogP contribution in [0.5, 0.6) is 0 Å². The molecule has 0 spiro atoms. The Morgan fingerprint density at radius 2 is 1.56 bits per heavy atom. The molecule has 0 aliphatic carbocycles. The number of nitrogens with one attached hydrogen (secondary N) is 1. The maximum absolute atomic E-state index is 14.4. The zero-order valence-electron chi connectivity index (χ0n) is 22.7. The largest absolute Gasteiger partial charge is 0.369 e.